The third-order valence-electron chi connectivity index (χ3n) is 4.24. The van der Waals surface area contributed by atoms with E-state index in [1.54, 1.807) is 32.9 Å². The summed E-state index contributed by atoms with van der Waals surface area (Å²) < 4.78 is 18.1. The number of carbonyl (C=O) groups excluding carboxylic acids is 3. The molecular weight excluding hydrogens is 391 g/mol. The predicted molar refractivity (Wildman–Crippen MR) is 109 cm³/mol. The highest BCUT2D eigenvalue weighted by Gasteiger charge is 2.29. The minimum absolute atomic E-state index is 0.145. The summed E-state index contributed by atoms with van der Waals surface area (Å²) in [4.78, 5) is 38.4. The smallest absolute Gasteiger partial charge is 0.338 e. The van der Waals surface area contributed by atoms with Crippen molar-refractivity contribution in [1.29, 1.82) is 0 Å². The molecule has 0 unspecified atom stereocenters. The van der Waals surface area contributed by atoms with Gasteiger partial charge in [0.2, 0.25) is 5.91 Å². The van der Waals surface area contributed by atoms with Crippen LogP contribution in [-0.4, -0.2) is 46.5 Å². The topological polar surface area (TPSA) is 95.9 Å². The Labute approximate surface area is 174 Å². The second-order valence-corrected chi connectivity index (χ2v) is 7.64. The number of halogens is 1. The number of ether oxygens (including phenoxy) is 1. The molecule has 0 radical (unpaired) electrons. The second-order valence-electron chi connectivity index (χ2n) is 7.64. The third-order valence-corrected chi connectivity index (χ3v) is 4.24. The largest absolute Gasteiger partial charge is 0.452 e. The molecule has 2 aromatic rings. The van der Waals surface area contributed by atoms with Crippen molar-refractivity contribution in [2.24, 2.45) is 0 Å². The molecule has 8 heteroatoms. The minimum atomic E-state index is -0.702. The molecule has 0 saturated carbocycles. The number of hydrogen-bond donors (Lipinski definition) is 2. The highest BCUT2D eigenvalue weighted by atomic mass is 19.1. The summed E-state index contributed by atoms with van der Waals surface area (Å²) in [7, 11) is 0. The fraction of sp³-hybridized carbons (Fsp3) is 0.318. The van der Waals surface area contributed by atoms with E-state index in [1.165, 1.54) is 41.3 Å². The zero-order chi connectivity index (χ0) is 22.3. The van der Waals surface area contributed by atoms with E-state index in [9.17, 15) is 18.8 Å². The normalized spacial score (nSPS) is 11.0. The average molecular weight is 416 g/mol. The van der Waals surface area contributed by atoms with Crippen LogP contribution >= 0.6 is 0 Å². The maximum absolute atomic E-state index is 13.0. The van der Waals surface area contributed by atoms with Crippen LogP contribution in [0.1, 0.15) is 36.7 Å². The van der Waals surface area contributed by atoms with Crippen LogP contribution in [0.25, 0.3) is 0 Å². The number of aliphatic hydroxyl groups is 1. The summed E-state index contributed by atoms with van der Waals surface area (Å²) >= 11 is 0. The van der Waals surface area contributed by atoms with Gasteiger partial charge in [0.15, 0.2) is 6.61 Å². The summed E-state index contributed by atoms with van der Waals surface area (Å²) in [5.41, 5.74) is 0.595. The molecule has 0 aliphatic heterocycles. The molecule has 30 heavy (non-hydrogen) atoms. The van der Waals surface area contributed by atoms with Gasteiger partial charge in [0, 0.05) is 11.2 Å². The van der Waals surface area contributed by atoms with E-state index in [0.717, 1.165) is 0 Å². The Morgan fingerprint density at radius 1 is 1.03 bits per heavy atom. The minimum Gasteiger partial charge on any atom is -0.452 e. The van der Waals surface area contributed by atoms with Crippen LogP contribution in [0.3, 0.4) is 0 Å². The van der Waals surface area contributed by atoms with Crippen LogP contribution < -0.4 is 5.32 Å². The summed E-state index contributed by atoms with van der Waals surface area (Å²) in [6, 6.07) is 11.4. The number of nitrogens with zero attached hydrogens (tertiary/aromatic N) is 1. The molecule has 0 saturated heterocycles. The van der Waals surface area contributed by atoms with Gasteiger partial charge in [-0.25, -0.2) is 9.18 Å². The van der Waals surface area contributed by atoms with E-state index >= 15 is 0 Å². The Morgan fingerprint density at radius 3 is 2.17 bits per heavy atom. The molecule has 2 N–H and O–H groups in total. The highest BCUT2D eigenvalue weighted by molar-refractivity contribution is 5.95. The molecular formula is C22H25FN2O5. The lowest BCUT2D eigenvalue weighted by Gasteiger charge is -2.35. The van der Waals surface area contributed by atoms with Gasteiger partial charge in [0.25, 0.3) is 5.91 Å². The van der Waals surface area contributed by atoms with Crippen LogP contribution in [-0.2, 0) is 20.9 Å². The molecule has 0 aliphatic carbocycles. The fourth-order valence-corrected chi connectivity index (χ4v) is 2.61. The Hall–Kier alpha value is -3.26. The lowest BCUT2D eigenvalue weighted by molar-refractivity contribution is -0.142. The molecule has 2 amide bonds. The van der Waals surface area contributed by atoms with Crippen LogP contribution in [0.2, 0.25) is 0 Å². The molecule has 0 fully saturated rings. The van der Waals surface area contributed by atoms with Gasteiger partial charge in [-0.3, -0.25) is 9.59 Å². The molecule has 0 aliphatic rings. The van der Waals surface area contributed by atoms with Gasteiger partial charge >= 0.3 is 5.97 Å². The maximum Gasteiger partial charge on any atom is 0.338 e. The van der Waals surface area contributed by atoms with Crippen molar-refractivity contribution in [1.82, 2.24) is 4.90 Å². The number of hydrogen-bond acceptors (Lipinski definition) is 5. The van der Waals surface area contributed by atoms with Crippen molar-refractivity contribution in [2.45, 2.75) is 32.9 Å². The van der Waals surface area contributed by atoms with E-state index < -0.39 is 35.7 Å². The van der Waals surface area contributed by atoms with E-state index in [2.05, 4.69) is 5.32 Å². The number of anilines is 1. The number of rotatable bonds is 7. The third kappa shape index (κ3) is 6.66. The Bertz CT molecular complexity index is 889. The van der Waals surface area contributed by atoms with Crippen molar-refractivity contribution in [3.63, 3.8) is 0 Å². The zero-order valence-electron chi connectivity index (χ0n) is 17.1. The Kier molecular flexibility index (Phi) is 7.66. The predicted octanol–water partition coefficient (Wildman–Crippen LogP) is 2.74. The first-order valence-corrected chi connectivity index (χ1v) is 9.33. The number of nitrogens with one attached hydrogen (secondary N) is 1. The van der Waals surface area contributed by atoms with Gasteiger partial charge in [-0.2, -0.15) is 0 Å². The van der Waals surface area contributed by atoms with E-state index in [4.69, 9.17) is 9.84 Å². The van der Waals surface area contributed by atoms with Gasteiger partial charge in [-0.1, -0.05) is 12.1 Å². The first-order chi connectivity index (χ1) is 14.1. The number of carbonyl (C=O) groups is 3. The van der Waals surface area contributed by atoms with Crippen LogP contribution in [0.4, 0.5) is 10.1 Å². The summed E-state index contributed by atoms with van der Waals surface area (Å²) in [5, 5.41) is 11.6. The molecule has 7 nitrogen and oxygen atoms in total. The lowest BCUT2D eigenvalue weighted by Crippen LogP contribution is -2.50. The van der Waals surface area contributed by atoms with Crippen molar-refractivity contribution in [3.05, 3.63) is 65.5 Å². The van der Waals surface area contributed by atoms with Crippen molar-refractivity contribution < 1.29 is 28.6 Å². The van der Waals surface area contributed by atoms with Crippen molar-refractivity contribution >= 4 is 23.5 Å². The number of esters is 1. The molecule has 0 bridgehead atoms. The van der Waals surface area contributed by atoms with Crippen LogP contribution in [0, 0.1) is 5.82 Å². The van der Waals surface area contributed by atoms with E-state index in [0.29, 0.717) is 11.3 Å². The molecule has 160 valence electrons. The highest BCUT2D eigenvalue weighted by Crippen LogP contribution is 2.15. The van der Waals surface area contributed by atoms with E-state index in [1.807, 2.05) is 0 Å². The number of aliphatic hydroxyl groups excluding tert-OH is 1. The summed E-state index contributed by atoms with van der Waals surface area (Å²) in [6.07, 6.45) is 0. The van der Waals surface area contributed by atoms with Crippen molar-refractivity contribution in [2.75, 3.05) is 18.5 Å². The first-order valence-electron chi connectivity index (χ1n) is 9.33. The Morgan fingerprint density at radius 2 is 1.63 bits per heavy atom. The fourth-order valence-electron chi connectivity index (χ4n) is 2.61. The first kappa shape index (κ1) is 23.0. The van der Waals surface area contributed by atoms with Gasteiger partial charge in [0.05, 0.1) is 12.2 Å². The molecule has 0 spiro atoms. The molecule has 0 aromatic heterocycles. The number of amides is 2. The zero-order valence-corrected chi connectivity index (χ0v) is 17.1. The van der Waals surface area contributed by atoms with Crippen LogP contribution in [0.15, 0.2) is 48.5 Å². The lowest BCUT2D eigenvalue weighted by atomic mass is 10.1. The standard InChI is InChI=1S/C22H25FN2O5/c1-22(2,3)25(12-19(27)24-18-10-8-17(23)9-11-18)20(28)14-30-21(29)16-6-4-15(13-26)5-7-16/h4-11,26H,12-14H2,1-3H3,(H,24,27). The van der Waals surface area contributed by atoms with E-state index in [-0.39, 0.29) is 18.7 Å². The SMILES string of the molecule is CC(C)(C)N(CC(=O)Nc1ccc(F)cc1)C(=O)COC(=O)c1ccc(CO)cc1. The van der Waals surface area contributed by atoms with Crippen LogP contribution in [0.5, 0.6) is 0 Å². The quantitative estimate of drug-likeness (QED) is 0.677. The second kappa shape index (κ2) is 9.98. The molecule has 0 heterocycles. The summed E-state index contributed by atoms with van der Waals surface area (Å²) in [6.45, 7) is 4.33. The number of benzene rings is 2. The monoisotopic (exact) mass is 416 g/mol. The summed E-state index contributed by atoms with van der Waals surface area (Å²) in [5.74, 6) is -2.10. The maximum atomic E-state index is 13.0. The molecule has 0 atom stereocenters. The van der Waals surface area contributed by atoms with Gasteiger partial charge < -0.3 is 20.1 Å². The van der Waals surface area contributed by atoms with Gasteiger partial charge in [-0.05, 0) is 62.7 Å². The Balaban J connectivity index is 1.97. The molecule has 2 rings (SSSR count). The van der Waals surface area contributed by atoms with Gasteiger partial charge in [0.1, 0.15) is 12.4 Å². The van der Waals surface area contributed by atoms with Crippen molar-refractivity contribution in [3.8, 4) is 0 Å². The molecule has 2 aromatic carbocycles. The van der Waals surface area contributed by atoms with Gasteiger partial charge in [-0.15, -0.1) is 0 Å². The average Bonchev–Trinajstić information content (AvgIpc) is 2.71.